The van der Waals surface area contributed by atoms with Crippen LogP contribution in [0.2, 0.25) is 0 Å². The number of nitriles is 1. The second kappa shape index (κ2) is 9.71. The van der Waals surface area contributed by atoms with Crippen molar-refractivity contribution in [2.75, 3.05) is 7.11 Å². The minimum Gasteiger partial charge on any atom is -0.481 e. The molecular formula is C23H15F3N6O4. The Kier molecular flexibility index (Phi) is 6.51. The van der Waals surface area contributed by atoms with Crippen LogP contribution in [-0.2, 0) is 12.7 Å². The molecule has 0 fully saturated rings. The van der Waals surface area contributed by atoms with Gasteiger partial charge in [-0.2, -0.15) is 23.5 Å². The summed E-state index contributed by atoms with van der Waals surface area (Å²) < 4.78 is 51.9. The molecule has 3 heterocycles. The third-order valence-corrected chi connectivity index (χ3v) is 4.93. The van der Waals surface area contributed by atoms with Gasteiger partial charge >= 0.3 is 6.18 Å². The Bertz CT molecular complexity index is 1570. The lowest BCUT2D eigenvalue weighted by molar-refractivity contribution is -0.142. The molecule has 3 aromatic heterocycles. The van der Waals surface area contributed by atoms with E-state index in [4.69, 9.17) is 9.47 Å². The van der Waals surface area contributed by atoms with Crippen molar-refractivity contribution in [3.05, 3.63) is 92.6 Å². The quantitative estimate of drug-likeness (QED) is 0.430. The highest BCUT2D eigenvalue weighted by molar-refractivity contribution is 5.61. The van der Waals surface area contributed by atoms with Crippen molar-refractivity contribution in [3.63, 3.8) is 0 Å². The van der Waals surface area contributed by atoms with E-state index >= 15 is 0 Å². The van der Waals surface area contributed by atoms with Crippen LogP contribution in [0, 0.1) is 11.3 Å². The maximum absolute atomic E-state index is 13.6. The molecule has 0 bridgehead atoms. The molecule has 4 rings (SSSR count). The molecule has 1 aromatic carbocycles. The Balaban J connectivity index is 1.75. The van der Waals surface area contributed by atoms with Gasteiger partial charge in [0.2, 0.25) is 11.6 Å². The lowest BCUT2D eigenvalue weighted by Gasteiger charge is -2.15. The van der Waals surface area contributed by atoms with Crippen LogP contribution in [0.5, 0.6) is 17.4 Å². The van der Waals surface area contributed by atoms with Gasteiger partial charge in [-0.05, 0) is 24.3 Å². The van der Waals surface area contributed by atoms with E-state index in [1.807, 2.05) is 0 Å². The van der Waals surface area contributed by atoms with Gasteiger partial charge in [0.25, 0.3) is 11.1 Å². The minimum absolute atomic E-state index is 0.0690. The molecule has 0 saturated heterocycles. The molecule has 0 radical (unpaired) electrons. The molecule has 0 aliphatic carbocycles. The summed E-state index contributed by atoms with van der Waals surface area (Å²) in [4.78, 5) is 32.7. The number of pyridine rings is 1. The topological polar surface area (TPSA) is 136 Å². The lowest BCUT2D eigenvalue weighted by Crippen LogP contribution is -2.27. The number of methoxy groups -OCH3 is 1. The van der Waals surface area contributed by atoms with Gasteiger partial charge in [-0.3, -0.25) is 14.2 Å². The summed E-state index contributed by atoms with van der Waals surface area (Å²) in [5, 5.41) is 15.4. The number of hydrogen-bond donors (Lipinski definition) is 1. The van der Waals surface area contributed by atoms with Crippen LogP contribution in [0.25, 0.3) is 11.1 Å². The molecule has 0 spiro atoms. The van der Waals surface area contributed by atoms with Crippen LogP contribution in [0.3, 0.4) is 0 Å². The van der Waals surface area contributed by atoms with Gasteiger partial charge in [-0.15, -0.1) is 0 Å². The Hall–Kier alpha value is -4.99. The van der Waals surface area contributed by atoms with Gasteiger partial charge in [-0.25, -0.2) is 15.1 Å². The highest BCUT2D eigenvalue weighted by atomic mass is 19.4. The minimum atomic E-state index is -5.00. The largest absolute Gasteiger partial charge is 0.481 e. The van der Waals surface area contributed by atoms with Crippen molar-refractivity contribution in [2.24, 2.45) is 0 Å². The van der Waals surface area contributed by atoms with Gasteiger partial charge in [0.1, 0.15) is 11.8 Å². The first-order valence-corrected chi connectivity index (χ1v) is 10.1. The number of halogens is 3. The maximum Gasteiger partial charge on any atom is 0.437 e. The van der Waals surface area contributed by atoms with E-state index in [0.29, 0.717) is 17.8 Å². The number of nitrogens with one attached hydrogen (secondary N) is 1. The van der Waals surface area contributed by atoms with E-state index in [1.165, 1.54) is 43.6 Å². The zero-order valence-electron chi connectivity index (χ0n) is 18.4. The number of para-hydroxylation sites is 1. The summed E-state index contributed by atoms with van der Waals surface area (Å²) in [6.07, 6.45) is -2.90. The summed E-state index contributed by atoms with van der Waals surface area (Å²) in [7, 11) is 1.44. The zero-order chi connectivity index (χ0) is 25.9. The zero-order valence-corrected chi connectivity index (χ0v) is 18.4. The third-order valence-electron chi connectivity index (χ3n) is 4.93. The molecular weight excluding hydrogens is 481 g/mol. The number of H-pyrrole nitrogens is 1. The van der Waals surface area contributed by atoms with Crippen molar-refractivity contribution in [2.45, 2.75) is 12.7 Å². The Labute approximate surface area is 200 Å². The van der Waals surface area contributed by atoms with Crippen LogP contribution >= 0.6 is 0 Å². The van der Waals surface area contributed by atoms with E-state index in [1.54, 1.807) is 18.2 Å². The smallest absolute Gasteiger partial charge is 0.437 e. The van der Waals surface area contributed by atoms with Crippen molar-refractivity contribution >= 4 is 0 Å². The van der Waals surface area contributed by atoms with Gasteiger partial charge in [0, 0.05) is 17.8 Å². The van der Waals surface area contributed by atoms with E-state index in [2.05, 4.69) is 20.2 Å². The summed E-state index contributed by atoms with van der Waals surface area (Å²) in [6.45, 7) is -0.340. The van der Waals surface area contributed by atoms with E-state index in [-0.39, 0.29) is 29.1 Å². The third kappa shape index (κ3) is 4.92. The number of aromatic nitrogens is 5. The second-order valence-corrected chi connectivity index (χ2v) is 7.25. The normalized spacial score (nSPS) is 11.1. The predicted octanol–water partition coefficient (Wildman–Crippen LogP) is 3.13. The standard InChI is InChI=1S/C23H15F3N6O4/c1-35-18-7-6-14(10-28-18)16-8-15(30-31-21(16)33)11-32-12-29-20(23(24,25)26)19(22(32)34)36-17-5-3-2-4-13(17)9-27/h2-8,10,12H,11H2,1H3,(H,31,33). The molecule has 4 aromatic rings. The SMILES string of the molecule is COc1ccc(-c2cc(Cn3cnc(C(F)(F)F)c(Oc4ccccc4C#N)c3=O)n[nH]c2=O)cn1. The first-order valence-electron chi connectivity index (χ1n) is 10.1. The highest BCUT2D eigenvalue weighted by Crippen LogP contribution is 2.35. The summed E-state index contributed by atoms with van der Waals surface area (Å²) >= 11 is 0. The molecule has 0 saturated carbocycles. The van der Waals surface area contributed by atoms with E-state index in [9.17, 15) is 28.0 Å². The Morgan fingerprint density at radius 3 is 2.58 bits per heavy atom. The average Bonchev–Trinajstić information content (AvgIpc) is 2.87. The number of hydrogen-bond acceptors (Lipinski definition) is 8. The fourth-order valence-electron chi connectivity index (χ4n) is 3.21. The molecule has 182 valence electrons. The second-order valence-electron chi connectivity index (χ2n) is 7.25. The number of benzene rings is 1. The van der Waals surface area contributed by atoms with E-state index < -0.39 is 28.7 Å². The van der Waals surface area contributed by atoms with Crippen LogP contribution < -0.4 is 20.6 Å². The van der Waals surface area contributed by atoms with Gasteiger partial charge < -0.3 is 9.47 Å². The van der Waals surface area contributed by atoms with Crippen molar-refractivity contribution in [3.8, 4) is 34.6 Å². The van der Waals surface area contributed by atoms with Crippen LogP contribution in [-0.4, -0.2) is 31.8 Å². The molecule has 0 aliphatic heterocycles. The molecule has 36 heavy (non-hydrogen) atoms. The molecule has 0 amide bonds. The number of rotatable bonds is 6. The molecule has 10 nitrogen and oxygen atoms in total. The van der Waals surface area contributed by atoms with Crippen molar-refractivity contribution < 1.29 is 22.6 Å². The average molecular weight is 496 g/mol. The summed E-state index contributed by atoms with van der Waals surface area (Å²) in [5.74, 6) is -1.01. The number of aromatic amines is 1. The fraction of sp³-hybridized carbons (Fsp3) is 0.130. The fourth-order valence-corrected chi connectivity index (χ4v) is 3.21. The Morgan fingerprint density at radius 2 is 1.92 bits per heavy atom. The highest BCUT2D eigenvalue weighted by Gasteiger charge is 2.39. The Morgan fingerprint density at radius 1 is 1.14 bits per heavy atom. The van der Waals surface area contributed by atoms with Crippen LogP contribution in [0.1, 0.15) is 17.0 Å². The van der Waals surface area contributed by atoms with Crippen molar-refractivity contribution in [1.29, 1.82) is 5.26 Å². The molecule has 1 N–H and O–H groups in total. The maximum atomic E-state index is 13.6. The summed E-state index contributed by atoms with van der Waals surface area (Å²) in [6, 6.07) is 11.8. The van der Waals surface area contributed by atoms with Crippen molar-refractivity contribution in [1.82, 2.24) is 24.7 Å². The molecule has 13 heteroatoms. The lowest BCUT2D eigenvalue weighted by atomic mass is 10.1. The monoisotopic (exact) mass is 496 g/mol. The molecule has 0 atom stereocenters. The van der Waals surface area contributed by atoms with E-state index in [0.717, 1.165) is 4.57 Å². The number of alkyl halides is 3. The van der Waals surface area contributed by atoms with Gasteiger partial charge in [0.05, 0.1) is 36.8 Å². The number of nitrogens with zero attached hydrogens (tertiary/aromatic N) is 5. The van der Waals surface area contributed by atoms with Crippen LogP contribution in [0.15, 0.2) is 64.6 Å². The number of ether oxygens (including phenoxy) is 2. The van der Waals surface area contributed by atoms with Gasteiger partial charge in [0.15, 0.2) is 5.69 Å². The predicted molar refractivity (Wildman–Crippen MR) is 118 cm³/mol. The van der Waals surface area contributed by atoms with Crippen LogP contribution in [0.4, 0.5) is 13.2 Å². The first kappa shape index (κ1) is 24.1. The summed E-state index contributed by atoms with van der Waals surface area (Å²) in [5.41, 5.74) is -2.58. The molecule has 0 unspecified atom stereocenters. The molecule has 0 aliphatic rings. The first-order chi connectivity index (χ1) is 17.2. The van der Waals surface area contributed by atoms with Gasteiger partial charge in [-0.1, -0.05) is 12.1 Å².